The van der Waals surface area contributed by atoms with Crippen molar-refractivity contribution in [1.82, 2.24) is 10.2 Å². The van der Waals surface area contributed by atoms with E-state index in [1.54, 1.807) is 12.1 Å². The lowest BCUT2D eigenvalue weighted by atomic mass is 10.1. The van der Waals surface area contributed by atoms with Crippen LogP contribution in [0.2, 0.25) is 5.02 Å². The normalized spacial score (nSPS) is 17.8. The number of carbonyl (C=O) groups excluding carboxylic acids is 2. The van der Waals surface area contributed by atoms with Gasteiger partial charge in [0.25, 0.3) is 11.1 Å². The largest absolute Gasteiger partial charge is 0.387 e. The molecule has 148 valence electrons. The molecular weight excluding hydrogens is 398 g/mol. The Hall–Kier alpha value is -2.06. The van der Waals surface area contributed by atoms with Crippen LogP contribution in [0.15, 0.2) is 48.5 Å². The molecule has 28 heavy (non-hydrogen) atoms. The van der Waals surface area contributed by atoms with E-state index in [2.05, 4.69) is 10.6 Å². The Kier molecular flexibility index (Phi) is 6.96. The summed E-state index contributed by atoms with van der Waals surface area (Å²) in [6, 6.07) is 15.0. The maximum absolute atomic E-state index is 11.9. The number of hydrogen-bond acceptors (Lipinski definition) is 6. The van der Waals surface area contributed by atoms with Crippen molar-refractivity contribution in [1.29, 1.82) is 0 Å². The second-order valence-electron chi connectivity index (χ2n) is 6.53. The molecule has 6 nitrogen and oxygen atoms in total. The molecule has 0 radical (unpaired) electrons. The van der Waals surface area contributed by atoms with Crippen LogP contribution in [0, 0.1) is 0 Å². The van der Waals surface area contributed by atoms with Crippen molar-refractivity contribution in [2.24, 2.45) is 0 Å². The average molecular weight is 420 g/mol. The highest BCUT2D eigenvalue weighted by atomic mass is 35.5. The van der Waals surface area contributed by atoms with Gasteiger partial charge in [0, 0.05) is 24.3 Å². The Morgan fingerprint density at radius 1 is 1.21 bits per heavy atom. The molecule has 1 unspecified atom stereocenters. The lowest BCUT2D eigenvalue weighted by molar-refractivity contribution is -0.125. The molecule has 2 atom stereocenters. The molecule has 0 aromatic heterocycles. The van der Waals surface area contributed by atoms with Crippen molar-refractivity contribution in [2.45, 2.75) is 17.9 Å². The van der Waals surface area contributed by atoms with Gasteiger partial charge in [0.15, 0.2) is 5.37 Å². The molecule has 0 saturated carbocycles. The number of imide groups is 1. The minimum absolute atomic E-state index is 0.235. The second-order valence-corrected chi connectivity index (χ2v) is 8.02. The Morgan fingerprint density at radius 3 is 2.61 bits per heavy atom. The fourth-order valence-electron chi connectivity index (χ4n) is 2.81. The molecule has 3 N–H and O–H groups in total. The molecule has 1 aliphatic rings. The highest BCUT2D eigenvalue weighted by molar-refractivity contribution is 8.15. The van der Waals surface area contributed by atoms with E-state index in [0.29, 0.717) is 11.6 Å². The summed E-state index contributed by atoms with van der Waals surface area (Å²) in [6.45, 7) is 1.17. The van der Waals surface area contributed by atoms with Crippen molar-refractivity contribution < 1.29 is 14.7 Å². The number of nitrogens with one attached hydrogen (secondary N) is 2. The standard InChI is InChI=1S/C20H22ClN3O3S/c1-24-19(26)18(28-20(24)27)23-16-7-5-13(6-8-16)9-10-22-12-17(25)14-3-2-4-15(21)11-14/h2-8,11,17-18,22-23,25H,9-10,12H2,1H3/t17-,18?/m0/s1. The van der Waals surface area contributed by atoms with Gasteiger partial charge in [-0.25, -0.2) is 0 Å². The van der Waals surface area contributed by atoms with Crippen molar-refractivity contribution in [3.8, 4) is 0 Å². The van der Waals surface area contributed by atoms with E-state index in [4.69, 9.17) is 11.6 Å². The quantitative estimate of drug-likeness (QED) is 0.570. The molecule has 0 aliphatic carbocycles. The number of aliphatic hydroxyl groups is 1. The molecule has 1 heterocycles. The molecule has 8 heteroatoms. The Bertz CT molecular complexity index is 847. The number of likely N-dealkylation sites (N-methyl/N-ethyl adjacent to an activating group) is 1. The smallest absolute Gasteiger partial charge is 0.290 e. The first-order chi connectivity index (χ1) is 13.4. The second kappa shape index (κ2) is 9.43. The summed E-state index contributed by atoms with van der Waals surface area (Å²) >= 11 is 6.93. The van der Waals surface area contributed by atoms with Crippen LogP contribution >= 0.6 is 23.4 Å². The Morgan fingerprint density at radius 2 is 1.96 bits per heavy atom. The Labute approximate surface area is 173 Å². The number of aliphatic hydroxyl groups excluding tert-OH is 1. The van der Waals surface area contributed by atoms with Gasteiger partial charge in [-0.3, -0.25) is 14.5 Å². The van der Waals surface area contributed by atoms with E-state index >= 15 is 0 Å². The fraction of sp³-hybridized carbons (Fsp3) is 0.300. The third kappa shape index (κ3) is 5.26. The first-order valence-corrected chi connectivity index (χ1v) is 10.2. The fourth-order valence-corrected chi connectivity index (χ4v) is 3.91. The SMILES string of the molecule is CN1C(=O)SC(Nc2ccc(CCNC[C@H](O)c3cccc(Cl)c3)cc2)C1=O. The van der Waals surface area contributed by atoms with Crippen LogP contribution in [0.4, 0.5) is 10.5 Å². The number of thioether (sulfide) groups is 1. The number of hydrogen-bond donors (Lipinski definition) is 3. The van der Waals surface area contributed by atoms with Gasteiger partial charge in [0.1, 0.15) is 0 Å². The van der Waals surface area contributed by atoms with Gasteiger partial charge in [-0.2, -0.15) is 0 Å². The van der Waals surface area contributed by atoms with Gasteiger partial charge < -0.3 is 15.7 Å². The maximum atomic E-state index is 11.9. The highest BCUT2D eigenvalue weighted by Gasteiger charge is 2.37. The van der Waals surface area contributed by atoms with Crippen LogP contribution in [0.25, 0.3) is 0 Å². The molecule has 1 saturated heterocycles. The summed E-state index contributed by atoms with van der Waals surface area (Å²) in [4.78, 5) is 24.6. The van der Waals surface area contributed by atoms with Gasteiger partial charge in [0.05, 0.1) is 6.10 Å². The van der Waals surface area contributed by atoms with Gasteiger partial charge in [-0.05, 0) is 60.1 Å². The third-order valence-electron chi connectivity index (χ3n) is 4.46. The van der Waals surface area contributed by atoms with E-state index < -0.39 is 11.5 Å². The highest BCUT2D eigenvalue weighted by Crippen LogP contribution is 2.27. The van der Waals surface area contributed by atoms with E-state index in [-0.39, 0.29) is 11.1 Å². The lowest BCUT2D eigenvalue weighted by Gasteiger charge is -2.13. The number of benzene rings is 2. The summed E-state index contributed by atoms with van der Waals surface area (Å²) in [5.74, 6) is -0.235. The topological polar surface area (TPSA) is 81.7 Å². The van der Waals surface area contributed by atoms with E-state index in [1.165, 1.54) is 7.05 Å². The van der Waals surface area contributed by atoms with Crippen molar-refractivity contribution >= 4 is 40.2 Å². The van der Waals surface area contributed by atoms with Crippen LogP contribution in [-0.2, 0) is 11.2 Å². The summed E-state index contributed by atoms with van der Waals surface area (Å²) in [5.41, 5.74) is 2.72. The zero-order valence-corrected chi connectivity index (χ0v) is 17.0. The van der Waals surface area contributed by atoms with Gasteiger partial charge in [-0.15, -0.1) is 0 Å². The van der Waals surface area contributed by atoms with Crippen LogP contribution in [0.5, 0.6) is 0 Å². The van der Waals surface area contributed by atoms with Crippen molar-refractivity contribution in [3.63, 3.8) is 0 Å². The molecule has 0 bridgehead atoms. The first kappa shape index (κ1) is 20.7. The molecular formula is C20H22ClN3O3S. The third-order valence-corrected chi connectivity index (χ3v) is 5.73. The minimum atomic E-state index is -0.604. The average Bonchev–Trinajstić information content (AvgIpc) is 2.93. The monoisotopic (exact) mass is 419 g/mol. The molecule has 1 aliphatic heterocycles. The summed E-state index contributed by atoms with van der Waals surface area (Å²) in [6.07, 6.45) is 0.202. The molecule has 2 aromatic carbocycles. The first-order valence-electron chi connectivity index (χ1n) is 8.92. The molecule has 1 fully saturated rings. The van der Waals surface area contributed by atoms with E-state index in [0.717, 1.165) is 46.4 Å². The number of carbonyl (C=O) groups is 2. The molecule has 2 amide bonds. The van der Waals surface area contributed by atoms with Crippen LogP contribution in [-0.4, -0.2) is 46.7 Å². The predicted molar refractivity (Wildman–Crippen MR) is 113 cm³/mol. The predicted octanol–water partition coefficient (Wildman–Crippen LogP) is 3.27. The van der Waals surface area contributed by atoms with Crippen LogP contribution < -0.4 is 10.6 Å². The number of nitrogens with zero attached hydrogens (tertiary/aromatic N) is 1. The molecule has 2 aromatic rings. The number of rotatable bonds is 8. The molecule has 3 rings (SSSR count). The maximum Gasteiger partial charge on any atom is 0.290 e. The summed E-state index contributed by atoms with van der Waals surface area (Å²) < 4.78 is 0. The number of halogens is 1. The Balaban J connectivity index is 1.42. The van der Waals surface area contributed by atoms with E-state index in [9.17, 15) is 14.7 Å². The van der Waals surface area contributed by atoms with Crippen molar-refractivity contribution in [2.75, 3.05) is 25.5 Å². The molecule has 0 spiro atoms. The summed E-state index contributed by atoms with van der Waals surface area (Å²) in [7, 11) is 1.48. The number of anilines is 1. The lowest BCUT2D eigenvalue weighted by Crippen LogP contribution is -2.31. The van der Waals surface area contributed by atoms with Crippen LogP contribution in [0.1, 0.15) is 17.2 Å². The van der Waals surface area contributed by atoms with Crippen molar-refractivity contribution in [3.05, 3.63) is 64.7 Å². The summed E-state index contributed by atoms with van der Waals surface area (Å²) in [5, 5.41) is 16.3. The minimum Gasteiger partial charge on any atom is -0.387 e. The van der Waals surface area contributed by atoms with Gasteiger partial charge in [0.2, 0.25) is 0 Å². The zero-order valence-electron chi connectivity index (χ0n) is 15.4. The number of amides is 2. The zero-order chi connectivity index (χ0) is 20.1. The van der Waals surface area contributed by atoms with E-state index in [1.807, 2.05) is 36.4 Å². The van der Waals surface area contributed by atoms with Crippen LogP contribution in [0.3, 0.4) is 0 Å². The van der Waals surface area contributed by atoms with Gasteiger partial charge in [-0.1, -0.05) is 35.9 Å². The van der Waals surface area contributed by atoms with Gasteiger partial charge >= 0.3 is 0 Å².